The molecular weight excluding hydrogens is 434 g/mol. The molecule has 190 valence electrons. The molecule has 4 heteroatoms. The van der Waals surface area contributed by atoms with Gasteiger partial charge in [-0.15, -0.1) is 0 Å². The van der Waals surface area contributed by atoms with Gasteiger partial charge >= 0.3 is 0 Å². The van der Waals surface area contributed by atoms with Crippen LogP contribution in [-0.4, -0.2) is 38.7 Å². The number of phenols is 1. The maximum absolute atomic E-state index is 10.1. The van der Waals surface area contributed by atoms with Gasteiger partial charge in [0.1, 0.15) is 5.75 Å². The van der Waals surface area contributed by atoms with E-state index >= 15 is 0 Å². The molecule has 5 rings (SSSR count). The molecule has 2 atom stereocenters. The van der Waals surface area contributed by atoms with Crippen molar-refractivity contribution in [2.45, 2.75) is 76.4 Å². The first-order valence-electron chi connectivity index (χ1n) is 13.9. The van der Waals surface area contributed by atoms with E-state index < -0.39 is 0 Å². The second-order valence-corrected chi connectivity index (χ2v) is 11.1. The average Bonchev–Trinajstić information content (AvgIpc) is 3.19. The van der Waals surface area contributed by atoms with Gasteiger partial charge < -0.3 is 19.5 Å². The number of aryl methyl sites for hydroxylation is 1. The van der Waals surface area contributed by atoms with E-state index in [2.05, 4.69) is 35.2 Å². The highest BCUT2D eigenvalue weighted by Gasteiger charge is 2.36. The molecule has 0 bridgehead atoms. The summed E-state index contributed by atoms with van der Waals surface area (Å²) >= 11 is 0. The van der Waals surface area contributed by atoms with Gasteiger partial charge in [0, 0.05) is 44.8 Å². The van der Waals surface area contributed by atoms with E-state index in [1.54, 1.807) is 14.2 Å². The Bertz CT molecular complexity index is 938. The van der Waals surface area contributed by atoms with Crippen LogP contribution in [0.1, 0.15) is 80.4 Å². The predicted molar refractivity (Wildman–Crippen MR) is 142 cm³/mol. The molecule has 0 radical (unpaired) electrons. The smallest absolute Gasteiger partial charge is 0.159 e. The van der Waals surface area contributed by atoms with E-state index in [9.17, 15) is 5.11 Å². The highest BCUT2D eigenvalue weighted by Crippen LogP contribution is 2.48. The van der Waals surface area contributed by atoms with E-state index in [0.717, 1.165) is 38.3 Å². The first-order chi connectivity index (χ1) is 17.2. The number of methoxy groups -OCH3 is 2. The number of hydrogen-bond acceptors (Lipinski definition) is 4. The third-order valence-electron chi connectivity index (χ3n) is 9.15. The molecule has 0 amide bonds. The average molecular weight is 478 g/mol. The molecule has 2 fully saturated rings. The third kappa shape index (κ3) is 5.39. The van der Waals surface area contributed by atoms with Crippen LogP contribution >= 0.6 is 0 Å². The van der Waals surface area contributed by atoms with Crippen LogP contribution in [0.3, 0.4) is 0 Å². The molecule has 3 aliphatic rings. The van der Waals surface area contributed by atoms with Gasteiger partial charge in [0.15, 0.2) is 6.29 Å². The molecule has 1 aliphatic heterocycles. The minimum absolute atomic E-state index is 0.0914. The number of aromatic hydroxyl groups is 1. The number of rotatable bonds is 6. The highest BCUT2D eigenvalue weighted by atomic mass is 16.7. The summed E-state index contributed by atoms with van der Waals surface area (Å²) in [6.07, 6.45) is 12.8. The zero-order chi connectivity index (χ0) is 24.2. The number of nitrogens with zero attached hydrogens (tertiary/aromatic N) is 1. The van der Waals surface area contributed by atoms with Crippen molar-refractivity contribution in [2.75, 3.05) is 32.2 Å². The van der Waals surface area contributed by atoms with Crippen molar-refractivity contribution < 1.29 is 14.6 Å². The van der Waals surface area contributed by atoms with Gasteiger partial charge in [-0.3, -0.25) is 0 Å². The minimum atomic E-state index is -0.0914. The Kier molecular flexibility index (Phi) is 7.99. The van der Waals surface area contributed by atoms with Gasteiger partial charge in [-0.25, -0.2) is 0 Å². The van der Waals surface area contributed by atoms with Crippen LogP contribution in [0.25, 0.3) is 0 Å². The Morgan fingerprint density at radius 1 is 0.829 bits per heavy atom. The molecule has 1 N–H and O–H groups in total. The molecule has 35 heavy (non-hydrogen) atoms. The van der Waals surface area contributed by atoms with E-state index in [0.29, 0.717) is 23.5 Å². The van der Waals surface area contributed by atoms with Crippen LogP contribution in [0.5, 0.6) is 5.75 Å². The van der Waals surface area contributed by atoms with Gasteiger partial charge in [0.05, 0.1) is 0 Å². The number of anilines is 1. The van der Waals surface area contributed by atoms with Crippen molar-refractivity contribution in [3.8, 4) is 5.75 Å². The van der Waals surface area contributed by atoms with Crippen LogP contribution in [0.15, 0.2) is 42.5 Å². The summed E-state index contributed by atoms with van der Waals surface area (Å²) in [4.78, 5) is 2.51. The third-order valence-corrected chi connectivity index (χ3v) is 9.15. The van der Waals surface area contributed by atoms with Gasteiger partial charge in [0.2, 0.25) is 0 Å². The Morgan fingerprint density at radius 3 is 2.17 bits per heavy atom. The molecule has 0 unspecified atom stereocenters. The predicted octanol–water partition coefficient (Wildman–Crippen LogP) is 6.89. The lowest BCUT2D eigenvalue weighted by atomic mass is 9.65. The SMILES string of the molecule is COC(OC)C1CCN(c2ccc([C@@H]3c4ccc(O)cc4CC[C@@H]3C3CCCCCC3)cc2)CC1. The maximum Gasteiger partial charge on any atom is 0.159 e. The quantitative estimate of drug-likeness (QED) is 0.363. The second kappa shape index (κ2) is 11.3. The van der Waals surface area contributed by atoms with E-state index in [1.165, 1.54) is 67.3 Å². The molecule has 1 saturated carbocycles. The number of benzene rings is 2. The highest BCUT2D eigenvalue weighted by molar-refractivity contribution is 5.51. The lowest BCUT2D eigenvalue weighted by Gasteiger charge is -2.39. The fraction of sp³-hybridized carbons (Fsp3) is 0.613. The lowest BCUT2D eigenvalue weighted by molar-refractivity contribution is -0.141. The van der Waals surface area contributed by atoms with E-state index in [-0.39, 0.29) is 6.29 Å². The molecule has 2 aromatic rings. The molecule has 2 aromatic carbocycles. The summed E-state index contributed by atoms with van der Waals surface area (Å²) in [5.74, 6) is 2.82. The first kappa shape index (κ1) is 24.6. The summed E-state index contributed by atoms with van der Waals surface area (Å²) < 4.78 is 11.0. The largest absolute Gasteiger partial charge is 0.508 e. The normalized spacial score (nSPS) is 24.4. The summed E-state index contributed by atoms with van der Waals surface area (Å²) in [6, 6.07) is 15.6. The molecule has 0 aromatic heterocycles. The zero-order valence-electron chi connectivity index (χ0n) is 21.6. The van der Waals surface area contributed by atoms with Crippen molar-refractivity contribution in [1.29, 1.82) is 0 Å². The lowest BCUT2D eigenvalue weighted by Crippen LogP contribution is -2.39. The molecule has 1 saturated heterocycles. The fourth-order valence-electron chi connectivity index (χ4n) is 7.31. The minimum Gasteiger partial charge on any atom is -0.508 e. The van der Waals surface area contributed by atoms with Crippen LogP contribution in [0.4, 0.5) is 5.69 Å². The van der Waals surface area contributed by atoms with Gasteiger partial charge in [-0.05, 0) is 78.5 Å². The van der Waals surface area contributed by atoms with Crippen molar-refractivity contribution in [3.05, 3.63) is 59.2 Å². The fourth-order valence-corrected chi connectivity index (χ4v) is 7.31. The van der Waals surface area contributed by atoms with Crippen LogP contribution in [0.2, 0.25) is 0 Å². The number of ether oxygens (including phenoxy) is 2. The summed E-state index contributed by atoms with van der Waals surface area (Å²) in [5.41, 5.74) is 5.56. The topological polar surface area (TPSA) is 41.9 Å². The Balaban J connectivity index is 1.37. The van der Waals surface area contributed by atoms with Crippen molar-refractivity contribution in [3.63, 3.8) is 0 Å². The van der Waals surface area contributed by atoms with E-state index in [4.69, 9.17) is 9.47 Å². The van der Waals surface area contributed by atoms with Crippen molar-refractivity contribution in [1.82, 2.24) is 0 Å². The van der Waals surface area contributed by atoms with Crippen molar-refractivity contribution >= 4 is 5.69 Å². The standard InChI is InChI=1S/C31H43NO3/c1-34-31(35-2)24-17-19-32(20-18-24)26-12-9-23(10-13-26)30-28(22-7-5-3-4-6-8-22)15-11-25-21-27(33)14-16-29(25)30/h9-10,12-14,16,21-22,24,28,30-31,33H,3-8,11,15,17-20H2,1-2H3/t28-,30+/m1/s1. The monoisotopic (exact) mass is 477 g/mol. The van der Waals surface area contributed by atoms with Crippen molar-refractivity contribution in [2.24, 2.45) is 17.8 Å². The molecular formula is C31H43NO3. The number of piperidine rings is 1. The van der Waals surface area contributed by atoms with Gasteiger partial charge in [-0.1, -0.05) is 56.7 Å². The molecule has 4 nitrogen and oxygen atoms in total. The summed E-state index contributed by atoms with van der Waals surface area (Å²) in [5, 5.41) is 10.1. The molecule has 2 aliphatic carbocycles. The summed E-state index contributed by atoms with van der Waals surface area (Å²) in [7, 11) is 3.48. The van der Waals surface area contributed by atoms with Crippen LogP contribution in [0, 0.1) is 17.8 Å². The zero-order valence-corrected chi connectivity index (χ0v) is 21.6. The van der Waals surface area contributed by atoms with Gasteiger partial charge in [-0.2, -0.15) is 0 Å². The van der Waals surface area contributed by atoms with E-state index in [1.807, 2.05) is 12.1 Å². The maximum atomic E-state index is 10.1. The van der Waals surface area contributed by atoms with Gasteiger partial charge in [0.25, 0.3) is 0 Å². The van der Waals surface area contributed by atoms with Crippen LogP contribution in [-0.2, 0) is 15.9 Å². The Labute approximate surface area is 211 Å². The number of phenolic OH excluding ortho intramolecular Hbond substituents is 1. The first-order valence-corrected chi connectivity index (χ1v) is 13.9. The molecule has 0 spiro atoms. The number of hydrogen-bond donors (Lipinski definition) is 1. The Morgan fingerprint density at radius 2 is 1.51 bits per heavy atom. The van der Waals surface area contributed by atoms with Crippen LogP contribution < -0.4 is 4.90 Å². The number of fused-ring (bicyclic) bond motifs is 1. The second-order valence-electron chi connectivity index (χ2n) is 11.1. The molecule has 1 heterocycles. The summed E-state index contributed by atoms with van der Waals surface area (Å²) in [6.45, 7) is 2.09. The Hall–Kier alpha value is -2.04.